The summed E-state index contributed by atoms with van der Waals surface area (Å²) in [6.45, 7) is 9.51. The molecule has 0 spiro atoms. The highest BCUT2D eigenvalue weighted by molar-refractivity contribution is 5.92. The average Bonchev–Trinajstić information content (AvgIpc) is 3.67. The predicted molar refractivity (Wildman–Crippen MR) is 250 cm³/mol. The van der Waals surface area contributed by atoms with Crippen molar-refractivity contribution in [3.05, 3.63) is 216 Å². The largest absolute Gasteiger partial charge is 0.243 e. The summed E-state index contributed by atoms with van der Waals surface area (Å²) in [5, 5.41) is 0. The Hall–Kier alpha value is -7.16. The number of hydrogen-bond acceptors (Lipinski definition) is 2. The Labute approximate surface area is 353 Å². The zero-order valence-corrected chi connectivity index (χ0v) is 34.4. The van der Waals surface area contributed by atoms with Crippen LogP contribution in [0.3, 0.4) is 0 Å². The van der Waals surface area contributed by atoms with Gasteiger partial charge in [-0.3, -0.25) is 0 Å². The van der Waals surface area contributed by atoms with Gasteiger partial charge in [-0.15, -0.1) is 0 Å². The molecular formula is C58H44N2. The van der Waals surface area contributed by atoms with Crippen molar-refractivity contribution < 1.29 is 0 Å². The van der Waals surface area contributed by atoms with Gasteiger partial charge in [0, 0.05) is 33.1 Å². The lowest BCUT2D eigenvalue weighted by molar-refractivity contribution is 0.652. The highest BCUT2D eigenvalue weighted by atomic mass is 14.9. The average molecular weight is 769 g/mol. The maximum absolute atomic E-state index is 5.43. The normalized spacial score (nSPS) is 13.9. The van der Waals surface area contributed by atoms with Gasteiger partial charge in [0.1, 0.15) is 0 Å². The molecule has 2 aliphatic rings. The lowest BCUT2D eigenvalue weighted by atomic mass is 9.79. The van der Waals surface area contributed by atoms with Gasteiger partial charge < -0.3 is 0 Å². The molecule has 0 fully saturated rings. The van der Waals surface area contributed by atoms with Crippen molar-refractivity contribution in [3.8, 4) is 89.5 Å². The zero-order valence-electron chi connectivity index (χ0n) is 34.4. The van der Waals surface area contributed by atoms with Crippen LogP contribution in [0.2, 0.25) is 0 Å². The van der Waals surface area contributed by atoms with Gasteiger partial charge in [0.25, 0.3) is 0 Å². The van der Waals surface area contributed by atoms with Crippen molar-refractivity contribution in [2.24, 2.45) is 0 Å². The van der Waals surface area contributed by atoms with Crippen molar-refractivity contribution in [2.45, 2.75) is 38.5 Å². The fourth-order valence-corrected chi connectivity index (χ4v) is 9.83. The van der Waals surface area contributed by atoms with E-state index in [2.05, 4.69) is 204 Å². The maximum atomic E-state index is 5.43. The Morgan fingerprint density at radius 2 is 0.567 bits per heavy atom. The van der Waals surface area contributed by atoms with Gasteiger partial charge in [-0.2, -0.15) is 0 Å². The Kier molecular flexibility index (Phi) is 8.22. The number of nitrogens with zero attached hydrogens (tertiary/aromatic N) is 2. The quantitative estimate of drug-likeness (QED) is 0.168. The summed E-state index contributed by atoms with van der Waals surface area (Å²) >= 11 is 0. The third-order valence-electron chi connectivity index (χ3n) is 13.1. The molecule has 8 aromatic carbocycles. The molecule has 2 aliphatic carbocycles. The van der Waals surface area contributed by atoms with Gasteiger partial charge in [0.05, 0.1) is 22.8 Å². The molecule has 2 heteroatoms. The van der Waals surface area contributed by atoms with Crippen LogP contribution in [0.5, 0.6) is 0 Å². The van der Waals surface area contributed by atoms with Crippen molar-refractivity contribution >= 4 is 0 Å². The van der Waals surface area contributed by atoms with E-state index in [0.717, 1.165) is 50.6 Å². The van der Waals surface area contributed by atoms with Gasteiger partial charge in [-0.1, -0.05) is 204 Å². The second-order valence-electron chi connectivity index (χ2n) is 17.4. The van der Waals surface area contributed by atoms with Crippen molar-refractivity contribution in [3.63, 3.8) is 0 Å². The van der Waals surface area contributed by atoms with E-state index in [1.54, 1.807) is 0 Å². The molecule has 286 valence electrons. The minimum Gasteiger partial charge on any atom is -0.243 e. The highest BCUT2D eigenvalue weighted by Gasteiger charge is 2.41. The zero-order chi connectivity index (χ0) is 40.6. The van der Waals surface area contributed by atoms with E-state index >= 15 is 0 Å². The maximum Gasteiger partial charge on any atom is 0.0973 e. The second kappa shape index (κ2) is 13.7. The van der Waals surface area contributed by atoms with Crippen LogP contribution in [0, 0.1) is 0 Å². The van der Waals surface area contributed by atoms with Crippen LogP contribution in [-0.2, 0) is 10.8 Å². The standard InChI is InChI=1S/C58H44N2/c1-57(2)49-23-15-14-22-45(49)47-35-52-48(36-51(47)57)46-34-44(32-33-50(46)58(52,3)4)39-26-24-37(25-27-39)38-28-30-43(31-29-38)56-55(42-20-12-7-13-21-42)59-53(40-16-8-5-9-17-40)54(60-56)41-18-10-6-11-19-41/h5-36H,1-4H3. The van der Waals surface area contributed by atoms with E-state index in [4.69, 9.17) is 9.97 Å². The first-order valence-corrected chi connectivity index (χ1v) is 21.0. The van der Waals surface area contributed by atoms with E-state index in [0.29, 0.717) is 0 Å². The third-order valence-corrected chi connectivity index (χ3v) is 13.1. The van der Waals surface area contributed by atoms with Gasteiger partial charge in [-0.25, -0.2) is 9.97 Å². The molecule has 0 atom stereocenters. The topological polar surface area (TPSA) is 25.8 Å². The molecule has 2 nitrogen and oxygen atoms in total. The van der Waals surface area contributed by atoms with Gasteiger partial charge in [-0.05, 0) is 85.0 Å². The fraction of sp³-hybridized carbons (Fsp3) is 0.103. The Bertz CT molecular complexity index is 3090. The molecule has 0 N–H and O–H groups in total. The van der Waals surface area contributed by atoms with Crippen LogP contribution in [-0.4, -0.2) is 9.97 Å². The molecule has 9 aromatic rings. The fourth-order valence-electron chi connectivity index (χ4n) is 9.83. The molecule has 1 aromatic heterocycles. The molecule has 1 heterocycles. The van der Waals surface area contributed by atoms with Crippen LogP contribution in [0.25, 0.3) is 89.5 Å². The second-order valence-corrected chi connectivity index (χ2v) is 17.4. The SMILES string of the molecule is CC1(C)c2ccccc2-c2cc3c(cc21)-c1cc(-c2ccc(-c4ccc(-c5nc(-c6ccccc6)c(-c6ccccc6)nc5-c5ccccc5)cc4)cc2)ccc1C3(C)C. The minimum atomic E-state index is -0.0730. The van der Waals surface area contributed by atoms with Gasteiger partial charge >= 0.3 is 0 Å². The molecule has 0 unspecified atom stereocenters. The summed E-state index contributed by atoms with van der Waals surface area (Å²) in [5.74, 6) is 0. The number of hydrogen-bond donors (Lipinski definition) is 0. The van der Waals surface area contributed by atoms with E-state index in [9.17, 15) is 0 Å². The summed E-state index contributed by atoms with van der Waals surface area (Å²) < 4.78 is 0. The number of benzene rings is 8. The summed E-state index contributed by atoms with van der Waals surface area (Å²) in [5.41, 5.74) is 23.5. The summed E-state index contributed by atoms with van der Waals surface area (Å²) in [4.78, 5) is 10.8. The van der Waals surface area contributed by atoms with Gasteiger partial charge in [0.15, 0.2) is 0 Å². The van der Waals surface area contributed by atoms with E-state index < -0.39 is 0 Å². The smallest absolute Gasteiger partial charge is 0.0973 e. The molecule has 0 saturated carbocycles. The Morgan fingerprint density at radius 1 is 0.250 bits per heavy atom. The molecule has 0 radical (unpaired) electrons. The first-order valence-electron chi connectivity index (χ1n) is 21.0. The minimum absolute atomic E-state index is 0.0326. The number of rotatable bonds is 6. The van der Waals surface area contributed by atoms with E-state index in [1.807, 2.05) is 18.2 Å². The third kappa shape index (κ3) is 5.70. The van der Waals surface area contributed by atoms with Crippen LogP contribution < -0.4 is 0 Å². The molecule has 0 aliphatic heterocycles. The Morgan fingerprint density at radius 3 is 1.03 bits per heavy atom. The van der Waals surface area contributed by atoms with Crippen LogP contribution in [0.15, 0.2) is 194 Å². The molecule has 11 rings (SSSR count). The predicted octanol–water partition coefficient (Wildman–Crippen LogP) is 15.1. The molecular weight excluding hydrogens is 725 g/mol. The molecule has 0 saturated heterocycles. The summed E-state index contributed by atoms with van der Waals surface area (Å²) in [6.07, 6.45) is 0. The van der Waals surface area contributed by atoms with Crippen LogP contribution in [0.4, 0.5) is 0 Å². The lowest BCUT2D eigenvalue weighted by Crippen LogP contribution is -2.16. The van der Waals surface area contributed by atoms with Crippen molar-refractivity contribution in [1.82, 2.24) is 9.97 Å². The van der Waals surface area contributed by atoms with Crippen molar-refractivity contribution in [2.75, 3.05) is 0 Å². The Balaban J connectivity index is 0.936. The lowest BCUT2D eigenvalue weighted by Gasteiger charge is -2.24. The number of fused-ring (bicyclic) bond motifs is 6. The van der Waals surface area contributed by atoms with E-state index in [-0.39, 0.29) is 10.8 Å². The first-order chi connectivity index (χ1) is 29.3. The molecule has 60 heavy (non-hydrogen) atoms. The van der Waals surface area contributed by atoms with Gasteiger partial charge in [0.2, 0.25) is 0 Å². The number of aromatic nitrogens is 2. The van der Waals surface area contributed by atoms with Crippen LogP contribution >= 0.6 is 0 Å². The van der Waals surface area contributed by atoms with Crippen LogP contribution in [0.1, 0.15) is 49.9 Å². The van der Waals surface area contributed by atoms with E-state index in [1.165, 1.54) is 61.2 Å². The monoisotopic (exact) mass is 768 g/mol. The highest BCUT2D eigenvalue weighted by Crippen LogP contribution is 2.56. The van der Waals surface area contributed by atoms with Crippen molar-refractivity contribution in [1.29, 1.82) is 0 Å². The summed E-state index contributed by atoms with van der Waals surface area (Å²) in [7, 11) is 0. The molecule has 0 bridgehead atoms. The molecule has 0 amide bonds. The summed E-state index contributed by atoms with van der Waals surface area (Å²) in [6, 6.07) is 70.0. The first kappa shape index (κ1) is 36.0.